The third kappa shape index (κ3) is 5.20. The van der Waals surface area contributed by atoms with Gasteiger partial charge in [-0.3, -0.25) is 0 Å². The van der Waals surface area contributed by atoms with Crippen LogP contribution in [-0.4, -0.2) is 21.7 Å². The standard InChI is InChI=1S/C28H28ClN3O2/c1-27(2,3)34-26(33)32-28(4,5)20-13-11-19(12-14-20)24-21(18-9-7-6-8-10-18)17-22-23(31-24)15-16-30-25(22)29/h6-17H,1-5H3,(H,32,33). The zero-order valence-electron chi connectivity index (χ0n) is 20.0. The van der Waals surface area contributed by atoms with E-state index < -0.39 is 17.2 Å². The SMILES string of the molecule is CC(C)(C)OC(=O)NC(C)(C)c1ccc(-c2nc3ccnc(Cl)c3cc2-c2ccccc2)cc1. The van der Waals surface area contributed by atoms with E-state index in [0.29, 0.717) is 5.15 Å². The van der Waals surface area contributed by atoms with E-state index in [1.54, 1.807) is 6.20 Å². The average molecular weight is 474 g/mol. The van der Waals surface area contributed by atoms with E-state index in [4.69, 9.17) is 21.3 Å². The predicted molar refractivity (Wildman–Crippen MR) is 138 cm³/mol. The van der Waals surface area contributed by atoms with Crippen molar-refractivity contribution in [2.45, 2.75) is 45.8 Å². The molecule has 0 aliphatic rings. The maximum absolute atomic E-state index is 12.3. The number of rotatable bonds is 4. The van der Waals surface area contributed by atoms with E-state index in [1.165, 1.54) is 0 Å². The van der Waals surface area contributed by atoms with Crippen LogP contribution < -0.4 is 5.32 Å². The van der Waals surface area contributed by atoms with Crippen molar-refractivity contribution in [2.24, 2.45) is 0 Å². The summed E-state index contributed by atoms with van der Waals surface area (Å²) in [5.74, 6) is 0. The van der Waals surface area contributed by atoms with Crippen molar-refractivity contribution >= 4 is 28.6 Å². The van der Waals surface area contributed by atoms with Gasteiger partial charge in [-0.25, -0.2) is 14.8 Å². The van der Waals surface area contributed by atoms with Gasteiger partial charge in [0.1, 0.15) is 10.8 Å². The number of carbonyl (C=O) groups is 1. The normalized spacial score (nSPS) is 11.9. The molecule has 5 nitrogen and oxygen atoms in total. The summed E-state index contributed by atoms with van der Waals surface area (Å²) >= 11 is 6.37. The van der Waals surface area contributed by atoms with Crippen LogP contribution in [0.25, 0.3) is 33.3 Å². The van der Waals surface area contributed by atoms with Gasteiger partial charge in [-0.1, -0.05) is 66.2 Å². The molecule has 0 aliphatic carbocycles. The lowest BCUT2D eigenvalue weighted by atomic mass is 9.91. The van der Waals surface area contributed by atoms with Crippen molar-refractivity contribution in [1.29, 1.82) is 0 Å². The molecule has 2 heterocycles. The molecule has 0 bridgehead atoms. The molecule has 6 heteroatoms. The third-order valence-electron chi connectivity index (χ3n) is 5.47. The highest BCUT2D eigenvalue weighted by molar-refractivity contribution is 6.34. The van der Waals surface area contributed by atoms with Crippen LogP contribution in [0.2, 0.25) is 5.15 Å². The van der Waals surface area contributed by atoms with Gasteiger partial charge in [0.25, 0.3) is 0 Å². The van der Waals surface area contributed by atoms with Gasteiger partial charge in [-0.15, -0.1) is 0 Å². The second kappa shape index (κ2) is 9.07. The van der Waals surface area contributed by atoms with E-state index in [-0.39, 0.29) is 0 Å². The second-order valence-corrected chi connectivity index (χ2v) is 10.1. The summed E-state index contributed by atoms with van der Waals surface area (Å²) < 4.78 is 5.43. The van der Waals surface area contributed by atoms with Crippen molar-refractivity contribution in [1.82, 2.24) is 15.3 Å². The molecular weight excluding hydrogens is 446 g/mol. The van der Waals surface area contributed by atoms with Crippen LogP contribution in [0, 0.1) is 0 Å². The minimum Gasteiger partial charge on any atom is -0.444 e. The summed E-state index contributed by atoms with van der Waals surface area (Å²) in [5.41, 5.74) is 4.40. The molecule has 0 spiro atoms. The van der Waals surface area contributed by atoms with Crippen LogP contribution in [0.1, 0.15) is 40.2 Å². The number of hydrogen-bond acceptors (Lipinski definition) is 4. The lowest BCUT2D eigenvalue weighted by molar-refractivity contribution is 0.0470. The molecule has 1 N–H and O–H groups in total. The molecule has 0 aliphatic heterocycles. The number of benzene rings is 2. The summed E-state index contributed by atoms with van der Waals surface area (Å²) in [6, 6.07) is 22.1. The Hall–Kier alpha value is -3.44. The number of fused-ring (bicyclic) bond motifs is 1. The Kier molecular flexibility index (Phi) is 6.32. The van der Waals surface area contributed by atoms with Gasteiger partial charge in [-0.2, -0.15) is 0 Å². The number of pyridine rings is 2. The minimum absolute atomic E-state index is 0.430. The summed E-state index contributed by atoms with van der Waals surface area (Å²) in [6.45, 7) is 9.44. The molecule has 1 amide bonds. The summed E-state index contributed by atoms with van der Waals surface area (Å²) in [5, 5.41) is 4.20. The molecule has 2 aromatic heterocycles. The monoisotopic (exact) mass is 473 g/mol. The van der Waals surface area contributed by atoms with Gasteiger partial charge in [-0.05, 0) is 57.9 Å². The van der Waals surface area contributed by atoms with Gasteiger partial charge >= 0.3 is 6.09 Å². The van der Waals surface area contributed by atoms with Gasteiger partial charge in [0.15, 0.2) is 0 Å². The first kappa shape index (κ1) is 23.7. The summed E-state index contributed by atoms with van der Waals surface area (Å²) in [6.07, 6.45) is 1.21. The lowest BCUT2D eigenvalue weighted by Crippen LogP contribution is -2.43. The van der Waals surface area contributed by atoms with Gasteiger partial charge in [0.05, 0.1) is 16.7 Å². The van der Waals surface area contributed by atoms with Crippen molar-refractivity contribution < 1.29 is 9.53 Å². The van der Waals surface area contributed by atoms with Crippen LogP contribution in [0.4, 0.5) is 4.79 Å². The van der Waals surface area contributed by atoms with Crippen molar-refractivity contribution in [3.8, 4) is 22.4 Å². The number of amides is 1. The average Bonchev–Trinajstić information content (AvgIpc) is 2.77. The van der Waals surface area contributed by atoms with Crippen molar-refractivity contribution in [3.63, 3.8) is 0 Å². The number of carbonyl (C=O) groups excluding carboxylic acids is 1. The first-order valence-corrected chi connectivity index (χ1v) is 11.5. The molecule has 34 heavy (non-hydrogen) atoms. The first-order valence-electron chi connectivity index (χ1n) is 11.2. The second-order valence-electron chi connectivity index (χ2n) is 9.75. The van der Waals surface area contributed by atoms with Crippen molar-refractivity contribution in [2.75, 3.05) is 0 Å². The highest BCUT2D eigenvalue weighted by atomic mass is 35.5. The first-order chi connectivity index (χ1) is 16.0. The fraction of sp³-hybridized carbons (Fsp3) is 0.250. The highest BCUT2D eigenvalue weighted by Crippen LogP contribution is 2.35. The van der Waals surface area contributed by atoms with Crippen molar-refractivity contribution in [3.05, 3.63) is 83.6 Å². The van der Waals surface area contributed by atoms with Crippen LogP contribution in [0.5, 0.6) is 0 Å². The molecule has 0 saturated carbocycles. The Balaban J connectivity index is 1.73. The Bertz CT molecular complexity index is 1330. The zero-order chi connectivity index (χ0) is 24.5. The highest BCUT2D eigenvalue weighted by Gasteiger charge is 2.26. The maximum atomic E-state index is 12.3. The predicted octanol–water partition coefficient (Wildman–Crippen LogP) is 7.38. The largest absolute Gasteiger partial charge is 0.444 e. The molecule has 174 valence electrons. The quantitative estimate of drug-likeness (QED) is 0.314. The molecule has 4 rings (SSSR count). The van der Waals surface area contributed by atoms with Gasteiger partial charge in [0.2, 0.25) is 0 Å². The molecule has 2 aromatic carbocycles. The topological polar surface area (TPSA) is 64.1 Å². The van der Waals surface area contributed by atoms with Crippen LogP contribution >= 0.6 is 11.6 Å². The Morgan fingerprint density at radius 3 is 2.24 bits per heavy atom. The number of ether oxygens (including phenoxy) is 1. The molecule has 4 aromatic rings. The van der Waals surface area contributed by atoms with Crippen LogP contribution in [0.15, 0.2) is 72.9 Å². The Morgan fingerprint density at radius 2 is 1.59 bits per heavy atom. The maximum Gasteiger partial charge on any atom is 0.408 e. The number of nitrogens with one attached hydrogen (secondary N) is 1. The summed E-state index contributed by atoms with van der Waals surface area (Å²) in [7, 11) is 0. The smallest absolute Gasteiger partial charge is 0.408 e. The fourth-order valence-corrected chi connectivity index (χ4v) is 4.00. The van der Waals surface area contributed by atoms with E-state index in [9.17, 15) is 4.79 Å². The number of halogens is 1. The number of nitrogens with zero attached hydrogens (tertiary/aromatic N) is 2. The Labute approximate surface area is 205 Å². The van der Waals surface area contributed by atoms with Gasteiger partial charge in [0, 0.05) is 22.7 Å². The molecular formula is C28H28ClN3O2. The van der Waals surface area contributed by atoms with E-state index in [2.05, 4.69) is 22.4 Å². The number of aromatic nitrogens is 2. The molecule has 0 fully saturated rings. The molecule has 0 unspecified atom stereocenters. The van der Waals surface area contributed by atoms with E-state index in [1.807, 2.05) is 89.2 Å². The van der Waals surface area contributed by atoms with E-state index >= 15 is 0 Å². The molecule has 0 atom stereocenters. The summed E-state index contributed by atoms with van der Waals surface area (Å²) in [4.78, 5) is 21.5. The van der Waals surface area contributed by atoms with Crippen LogP contribution in [0.3, 0.4) is 0 Å². The number of hydrogen-bond donors (Lipinski definition) is 1. The van der Waals surface area contributed by atoms with Crippen LogP contribution in [-0.2, 0) is 10.3 Å². The van der Waals surface area contributed by atoms with Gasteiger partial charge < -0.3 is 10.1 Å². The Morgan fingerprint density at radius 1 is 0.912 bits per heavy atom. The lowest BCUT2D eigenvalue weighted by Gasteiger charge is -2.29. The fourth-order valence-electron chi connectivity index (χ4n) is 3.80. The molecule has 0 radical (unpaired) electrons. The molecule has 0 saturated heterocycles. The minimum atomic E-state index is -0.612. The van der Waals surface area contributed by atoms with E-state index in [0.717, 1.165) is 38.9 Å². The third-order valence-corrected chi connectivity index (χ3v) is 5.77. The zero-order valence-corrected chi connectivity index (χ0v) is 20.8. The number of alkyl carbamates (subject to hydrolysis) is 1.